The maximum absolute atomic E-state index is 12.4. The van der Waals surface area contributed by atoms with E-state index >= 15 is 0 Å². The summed E-state index contributed by atoms with van der Waals surface area (Å²) in [6.07, 6.45) is 1.70. The van der Waals surface area contributed by atoms with Crippen molar-refractivity contribution in [2.24, 2.45) is 0 Å². The van der Waals surface area contributed by atoms with Gasteiger partial charge in [-0.25, -0.2) is 0 Å². The minimum Gasteiger partial charge on any atom is -0.337 e. The van der Waals surface area contributed by atoms with Gasteiger partial charge in [0, 0.05) is 11.9 Å². The predicted molar refractivity (Wildman–Crippen MR) is 108 cm³/mol. The van der Waals surface area contributed by atoms with Crippen molar-refractivity contribution < 1.29 is 4.79 Å². The average Bonchev–Trinajstić information content (AvgIpc) is 3.07. The van der Waals surface area contributed by atoms with Crippen LogP contribution in [0.5, 0.6) is 0 Å². The second kappa shape index (κ2) is 7.26. The van der Waals surface area contributed by atoms with E-state index in [9.17, 15) is 4.79 Å². The summed E-state index contributed by atoms with van der Waals surface area (Å²) in [5.41, 5.74) is 3.14. The monoisotopic (exact) mass is 397 g/mol. The van der Waals surface area contributed by atoms with E-state index in [1.807, 2.05) is 12.1 Å². The van der Waals surface area contributed by atoms with Gasteiger partial charge in [0.1, 0.15) is 5.52 Å². The van der Waals surface area contributed by atoms with E-state index in [1.165, 1.54) is 0 Å². The summed E-state index contributed by atoms with van der Waals surface area (Å²) < 4.78 is 0. The number of carbonyl (C=O) groups is 1. The van der Waals surface area contributed by atoms with E-state index in [2.05, 4.69) is 25.8 Å². The standard InChI is InChI=1S/C19H13Cl2N5O/c20-13-5-2-1-4-12(13)19(27)24-15-8-7-11(10-14(15)21)23-18-17-16(25-26-18)6-3-9-22-17/h1-10H,(H,24,27)(H2,23,25,26). The van der Waals surface area contributed by atoms with Crippen LogP contribution in [0.3, 0.4) is 0 Å². The van der Waals surface area contributed by atoms with Gasteiger partial charge in [-0.3, -0.25) is 14.9 Å². The van der Waals surface area contributed by atoms with Crippen molar-refractivity contribution in [3.8, 4) is 0 Å². The average molecular weight is 398 g/mol. The molecule has 27 heavy (non-hydrogen) atoms. The first-order chi connectivity index (χ1) is 13.1. The van der Waals surface area contributed by atoms with Gasteiger partial charge in [-0.1, -0.05) is 35.3 Å². The summed E-state index contributed by atoms with van der Waals surface area (Å²) in [6, 6.07) is 15.7. The van der Waals surface area contributed by atoms with Crippen LogP contribution < -0.4 is 10.6 Å². The maximum Gasteiger partial charge on any atom is 0.257 e. The first-order valence-corrected chi connectivity index (χ1v) is 8.79. The van der Waals surface area contributed by atoms with Crippen molar-refractivity contribution in [1.29, 1.82) is 0 Å². The molecule has 2 aromatic carbocycles. The minimum atomic E-state index is -0.328. The molecular weight excluding hydrogens is 385 g/mol. The molecule has 0 radical (unpaired) electrons. The third kappa shape index (κ3) is 3.58. The molecule has 8 heteroatoms. The van der Waals surface area contributed by atoms with Crippen LogP contribution >= 0.6 is 23.2 Å². The highest BCUT2D eigenvalue weighted by Crippen LogP contribution is 2.29. The van der Waals surface area contributed by atoms with E-state index in [1.54, 1.807) is 48.7 Å². The van der Waals surface area contributed by atoms with Gasteiger partial charge in [-0.2, -0.15) is 5.10 Å². The van der Waals surface area contributed by atoms with Crippen LogP contribution in [-0.4, -0.2) is 21.1 Å². The molecule has 2 heterocycles. The SMILES string of the molecule is O=C(Nc1ccc(Nc2n[nH]c3cccnc23)cc1Cl)c1ccccc1Cl. The normalized spacial score (nSPS) is 10.7. The second-order valence-corrected chi connectivity index (χ2v) is 6.54. The molecule has 0 fully saturated rings. The Kier molecular flexibility index (Phi) is 4.66. The van der Waals surface area contributed by atoms with Gasteiger partial charge in [0.05, 0.1) is 26.8 Å². The molecule has 0 aliphatic carbocycles. The molecule has 0 bridgehead atoms. The van der Waals surface area contributed by atoms with Crippen molar-refractivity contribution >= 4 is 57.3 Å². The summed E-state index contributed by atoms with van der Waals surface area (Å²) in [5.74, 6) is 0.264. The molecule has 0 aliphatic heterocycles. The van der Waals surface area contributed by atoms with Crippen molar-refractivity contribution in [3.63, 3.8) is 0 Å². The van der Waals surface area contributed by atoms with Crippen LogP contribution in [0.15, 0.2) is 60.8 Å². The number of rotatable bonds is 4. The first-order valence-electron chi connectivity index (χ1n) is 8.03. The van der Waals surface area contributed by atoms with Gasteiger partial charge in [-0.05, 0) is 42.5 Å². The Morgan fingerprint density at radius 2 is 1.85 bits per heavy atom. The van der Waals surface area contributed by atoms with Gasteiger partial charge in [0.25, 0.3) is 5.91 Å². The molecule has 0 spiro atoms. The van der Waals surface area contributed by atoms with E-state index in [-0.39, 0.29) is 5.91 Å². The number of amides is 1. The molecule has 4 rings (SSSR count). The second-order valence-electron chi connectivity index (χ2n) is 5.73. The van der Waals surface area contributed by atoms with Gasteiger partial charge >= 0.3 is 0 Å². The van der Waals surface area contributed by atoms with Gasteiger partial charge in [-0.15, -0.1) is 0 Å². The van der Waals surface area contributed by atoms with E-state index in [0.717, 1.165) is 16.7 Å². The molecule has 0 saturated carbocycles. The summed E-state index contributed by atoms with van der Waals surface area (Å²) in [6.45, 7) is 0. The number of H-pyrrole nitrogens is 1. The Morgan fingerprint density at radius 3 is 2.67 bits per heavy atom. The fraction of sp³-hybridized carbons (Fsp3) is 0. The van der Waals surface area contributed by atoms with E-state index in [0.29, 0.717) is 27.1 Å². The van der Waals surface area contributed by atoms with E-state index < -0.39 is 0 Å². The van der Waals surface area contributed by atoms with Crippen molar-refractivity contribution in [1.82, 2.24) is 15.2 Å². The predicted octanol–water partition coefficient (Wildman–Crippen LogP) is 5.26. The van der Waals surface area contributed by atoms with E-state index in [4.69, 9.17) is 23.2 Å². The largest absolute Gasteiger partial charge is 0.337 e. The number of benzene rings is 2. The highest BCUT2D eigenvalue weighted by atomic mass is 35.5. The number of halogens is 2. The lowest BCUT2D eigenvalue weighted by molar-refractivity contribution is 0.102. The lowest BCUT2D eigenvalue weighted by Gasteiger charge is -2.10. The third-order valence-electron chi connectivity index (χ3n) is 3.92. The van der Waals surface area contributed by atoms with Crippen molar-refractivity contribution in [2.45, 2.75) is 0 Å². The summed E-state index contributed by atoms with van der Waals surface area (Å²) >= 11 is 12.4. The molecule has 3 N–H and O–H groups in total. The number of hydrogen-bond acceptors (Lipinski definition) is 4. The molecule has 0 unspecified atom stereocenters. The Morgan fingerprint density at radius 1 is 1.00 bits per heavy atom. The van der Waals surface area contributed by atoms with Crippen molar-refractivity contribution in [2.75, 3.05) is 10.6 Å². The van der Waals surface area contributed by atoms with Crippen LogP contribution in [0.4, 0.5) is 17.2 Å². The summed E-state index contributed by atoms with van der Waals surface area (Å²) in [7, 11) is 0. The zero-order valence-electron chi connectivity index (χ0n) is 13.8. The number of nitrogens with zero attached hydrogens (tertiary/aromatic N) is 2. The Labute approximate surface area is 164 Å². The number of nitrogens with one attached hydrogen (secondary N) is 3. The molecule has 134 valence electrons. The van der Waals surface area contributed by atoms with Crippen LogP contribution in [0.2, 0.25) is 10.0 Å². The van der Waals surface area contributed by atoms with Crippen LogP contribution in [0.1, 0.15) is 10.4 Å². The Hall–Kier alpha value is -3.09. The van der Waals surface area contributed by atoms with Crippen LogP contribution in [0, 0.1) is 0 Å². The smallest absolute Gasteiger partial charge is 0.257 e. The molecular formula is C19H13Cl2N5O. The maximum atomic E-state index is 12.4. The van der Waals surface area contributed by atoms with Gasteiger partial charge in [0.15, 0.2) is 5.82 Å². The minimum absolute atomic E-state index is 0.328. The highest BCUT2D eigenvalue weighted by molar-refractivity contribution is 6.36. The summed E-state index contributed by atoms with van der Waals surface area (Å²) in [5, 5.41) is 13.8. The number of aromatic nitrogens is 3. The summed E-state index contributed by atoms with van der Waals surface area (Å²) in [4.78, 5) is 16.7. The number of aromatic amines is 1. The molecule has 1 amide bonds. The molecule has 2 aromatic heterocycles. The zero-order chi connectivity index (χ0) is 18.8. The highest BCUT2D eigenvalue weighted by Gasteiger charge is 2.13. The zero-order valence-corrected chi connectivity index (χ0v) is 15.3. The Balaban J connectivity index is 1.54. The fourth-order valence-corrected chi connectivity index (χ4v) is 3.06. The first kappa shape index (κ1) is 17.3. The third-order valence-corrected chi connectivity index (χ3v) is 4.56. The number of carbonyl (C=O) groups excluding carboxylic acids is 1. The topological polar surface area (TPSA) is 82.7 Å². The van der Waals surface area contributed by atoms with Gasteiger partial charge < -0.3 is 10.6 Å². The van der Waals surface area contributed by atoms with Crippen LogP contribution in [-0.2, 0) is 0 Å². The van der Waals surface area contributed by atoms with Crippen molar-refractivity contribution in [3.05, 3.63) is 76.4 Å². The molecule has 0 aliphatic rings. The number of hydrogen-bond donors (Lipinski definition) is 3. The molecule has 6 nitrogen and oxygen atoms in total. The number of pyridine rings is 1. The number of fused-ring (bicyclic) bond motifs is 1. The fourth-order valence-electron chi connectivity index (χ4n) is 2.61. The molecule has 0 atom stereocenters. The quantitative estimate of drug-likeness (QED) is 0.438. The van der Waals surface area contributed by atoms with Crippen LogP contribution in [0.25, 0.3) is 11.0 Å². The molecule has 4 aromatic rings. The number of anilines is 3. The Bertz CT molecular complexity index is 1140. The van der Waals surface area contributed by atoms with Gasteiger partial charge in [0.2, 0.25) is 0 Å². The molecule has 0 saturated heterocycles. The lowest BCUT2D eigenvalue weighted by atomic mass is 10.2. The lowest BCUT2D eigenvalue weighted by Crippen LogP contribution is -2.12.